The van der Waals surface area contributed by atoms with E-state index >= 15 is 0 Å². The highest BCUT2D eigenvalue weighted by molar-refractivity contribution is 5.75. The second-order valence-corrected chi connectivity index (χ2v) is 7.26. The topological polar surface area (TPSA) is 56.8 Å². The van der Waals surface area contributed by atoms with Crippen molar-refractivity contribution < 1.29 is 19.0 Å². The van der Waals surface area contributed by atoms with Gasteiger partial charge in [0, 0.05) is 19.6 Å². The van der Waals surface area contributed by atoms with Crippen LogP contribution in [0.4, 0.5) is 0 Å². The minimum atomic E-state index is 0.0138. The Balaban J connectivity index is 1.29. The Bertz CT molecular complexity index is 533. The van der Waals surface area contributed by atoms with Crippen LogP contribution in [0, 0.1) is 0 Å². The van der Waals surface area contributed by atoms with Crippen LogP contribution in [0.25, 0.3) is 0 Å². The molecule has 1 atom stereocenters. The lowest BCUT2D eigenvalue weighted by atomic mass is 9.98. The van der Waals surface area contributed by atoms with Crippen molar-refractivity contribution in [2.75, 3.05) is 19.8 Å². The first kappa shape index (κ1) is 19.2. The van der Waals surface area contributed by atoms with Gasteiger partial charge in [-0.1, -0.05) is 18.6 Å². The van der Waals surface area contributed by atoms with Gasteiger partial charge in [0.2, 0.25) is 5.91 Å². The molecule has 0 bridgehead atoms. The standard InChI is InChI=1S/C21H31NO4/c23-21(12-14-24-16-20-7-4-13-25-20)22-15-17-8-10-19(11-9-17)26-18-5-2-1-3-6-18/h8-11,18,20H,1-7,12-16H2,(H,22,23). The number of hydrogen-bond acceptors (Lipinski definition) is 4. The summed E-state index contributed by atoms with van der Waals surface area (Å²) in [6.07, 6.45) is 9.33. The molecule has 5 nitrogen and oxygen atoms in total. The van der Waals surface area contributed by atoms with Crippen LogP contribution in [0.1, 0.15) is 56.9 Å². The van der Waals surface area contributed by atoms with Gasteiger partial charge in [-0.25, -0.2) is 0 Å². The Hall–Kier alpha value is -1.59. The predicted molar refractivity (Wildman–Crippen MR) is 100 cm³/mol. The molecule has 0 aromatic heterocycles. The third kappa shape index (κ3) is 6.61. The number of rotatable bonds is 9. The fraction of sp³-hybridized carbons (Fsp3) is 0.667. The van der Waals surface area contributed by atoms with Crippen LogP contribution in [-0.4, -0.2) is 37.9 Å². The molecule has 0 radical (unpaired) electrons. The van der Waals surface area contributed by atoms with Crippen LogP contribution in [0.2, 0.25) is 0 Å². The van der Waals surface area contributed by atoms with E-state index in [9.17, 15) is 4.79 Å². The second kappa shape index (κ2) is 10.5. The van der Waals surface area contributed by atoms with Gasteiger partial charge in [0.1, 0.15) is 5.75 Å². The minimum absolute atomic E-state index is 0.0138. The van der Waals surface area contributed by atoms with E-state index in [-0.39, 0.29) is 12.0 Å². The van der Waals surface area contributed by atoms with Crippen molar-refractivity contribution in [3.63, 3.8) is 0 Å². The van der Waals surface area contributed by atoms with Gasteiger partial charge in [0.05, 0.1) is 25.4 Å². The summed E-state index contributed by atoms with van der Waals surface area (Å²) in [5, 5.41) is 2.94. The van der Waals surface area contributed by atoms with E-state index < -0.39 is 0 Å². The van der Waals surface area contributed by atoms with Crippen LogP contribution in [-0.2, 0) is 20.8 Å². The molecular formula is C21H31NO4. The van der Waals surface area contributed by atoms with Gasteiger partial charge in [-0.05, 0) is 56.2 Å². The normalized spacial score (nSPS) is 20.8. The lowest BCUT2D eigenvalue weighted by molar-refractivity contribution is -0.122. The van der Waals surface area contributed by atoms with E-state index in [1.54, 1.807) is 0 Å². The van der Waals surface area contributed by atoms with Crippen molar-refractivity contribution >= 4 is 5.91 Å². The van der Waals surface area contributed by atoms with Crippen molar-refractivity contribution in [2.24, 2.45) is 0 Å². The third-order valence-corrected chi connectivity index (χ3v) is 5.07. The molecule has 144 valence electrons. The molecule has 2 fully saturated rings. The average Bonchev–Trinajstić information content (AvgIpc) is 3.19. The van der Waals surface area contributed by atoms with Gasteiger partial charge in [-0.2, -0.15) is 0 Å². The Morgan fingerprint density at radius 1 is 1.08 bits per heavy atom. The molecule has 5 heteroatoms. The first-order valence-corrected chi connectivity index (χ1v) is 10.0. The summed E-state index contributed by atoms with van der Waals surface area (Å²) in [4.78, 5) is 11.9. The van der Waals surface area contributed by atoms with Gasteiger partial charge >= 0.3 is 0 Å². The summed E-state index contributed by atoms with van der Waals surface area (Å²) < 4.78 is 17.0. The minimum Gasteiger partial charge on any atom is -0.490 e. The van der Waals surface area contributed by atoms with Crippen molar-refractivity contribution in [1.29, 1.82) is 0 Å². The van der Waals surface area contributed by atoms with E-state index in [1.807, 2.05) is 24.3 Å². The van der Waals surface area contributed by atoms with Gasteiger partial charge < -0.3 is 19.5 Å². The maximum absolute atomic E-state index is 11.9. The predicted octanol–water partition coefficient (Wildman–Crippen LogP) is 3.60. The molecule has 1 saturated carbocycles. The zero-order valence-electron chi connectivity index (χ0n) is 15.6. The fourth-order valence-corrected chi connectivity index (χ4v) is 3.51. The van der Waals surface area contributed by atoms with Crippen molar-refractivity contribution in [3.8, 4) is 5.75 Å². The number of ether oxygens (including phenoxy) is 3. The summed E-state index contributed by atoms with van der Waals surface area (Å²) in [6.45, 7) is 2.41. The van der Waals surface area contributed by atoms with Crippen LogP contribution in [0.15, 0.2) is 24.3 Å². The molecule has 1 aromatic carbocycles. The lowest BCUT2D eigenvalue weighted by Gasteiger charge is -2.23. The molecule has 1 amide bonds. The van der Waals surface area contributed by atoms with Crippen LogP contribution >= 0.6 is 0 Å². The Morgan fingerprint density at radius 3 is 2.62 bits per heavy atom. The Labute approximate surface area is 156 Å². The smallest absolute Gasteiger partial charge is 0.222 e. The number of carbonyl (C=O) groups excluding carboxylic acids is 1. The summed E-state index contributed by atoms with van der Waals surface area (Å²) in [5.74, 6) is 0.939. The molecule has 0 spiro atoms. The fourth-order valence-electron chi connectivity index (χ4n) is 3.51. The summed E-state index contributed by atoms with van der Waals surface area (Å²) in [5.41, 5.74) is 1.08. The van der Waals surface area contributed by atoms with Gasteiger partial charge in [-0.15, -0.1) is 0 Å². The maximum Gasteiger partial charge on any atom is 0.222 e. The molecule has 3 rings (SSSR count). The summed E-state index contributed by atoms with van der Waals surface area (Å²) >= 11 is 0. The molecule has 26 heavy (non-hydrogen) atoms. The van der Waals surface area contributed by atoms with Crippen LogP contribution in [0.5, 0.6) is 5.75 Å². The highest BCUT2D eigenvalue weighted by Gasteiger charge is 2.16. The van der Waals surface area contributed by atoms with Crippen LogP contribution < -0.4 is 10.1 Å². The molecule has 1 saturated heterocycles. The number of benzene rings is 1. The van der Waals surface area contributed by atoms with E-state index in [0.29, 0.717) is 32.3 Å². The quantitative estimate of drug-likeness (QED) is 0.683. The molecule has 1 aromatic rings. The zero-order chi connectivity index (χ0) is 18.0. The number of nitrogens with one attached hydrogen (secondary N) is 1. The largest absolute Gasteiger partial charge is 0.490 e. The second-order valence-electron chi connectivity index (χ2n) is 7.26. The molecule has 1 N–H and O–H groups in total. The van der Waals surface area contributed by atoms with Crippen molar-refractivity contribution in [3.05, 3.63) is 29.8 Å². The first-order valence-electron chi connectivity index (χ1n) is 10.0. The van der Waals surface area contributed by atoms with Crippen molar-refractivity contribution in [2.45, 2.75) is 70.1 Å². The molecule has 1 aliphatic carbocycles. The molecule has 2 aliphatic rings. The molecule has 1 aliphatic heterocycles. The number of amides is 1. The summed E-state index contributed by atoms with van der Waals surface area (Å²) in [7, 11) is 0. The SMILES string of the molecule is O=C(CCOCC1CCCO1)NCc1ccc(OC2CCCCC2)cc1. The average molecular weight is 361 g/mol. The van der Waals surface area contributed by atoms with Gasteiger partial charge in [-0.3, -0.25) is 4.79 Å². The highest BCUT2D eigenvalue weighted by Crippen LogP contribution is 2.23. The molecule has 1 unspecified atom stereocenters. The van der Waals surface area contributed by atoms with E-state index in [0.717, 1.165) is 43.6 Å². The van der Waals surface area contributed by atoms with E-state index in [1.165, 1.54) is 19.3 Å². The van der Waals surface area contributed by atoms with Gasteiger partial charge in [0.25, 0.3) is 0 Å². The number of carbonyl (C=O) groups is 1. The Kier molecular flexibility index (Phi) is 7.77. The maximum atomic E-state index is 11.9. The van der Waals surface area contributed by atoms with Crippen LogP contribution in [0.3, 0.4) is 0 Å². The molecular weight excluding hydrogens is 330 g/mol. The number of hydrogen-bond donors (Lipinski definition) is 1. The third-order valence-electron chi connectivity index (χ3n) is 5.07. The van der Waals surface area contributed by atoms with Gasteiger partial charge in [0.15, 0.2) is 0 Å². The summed E-state index contributed by atoms with van der Waals surface area (Å²) in [6, 6.07) is 8.04. The lowest BCUT2D eigenvalue weighted by Crippen LogP contribution is -2.24. The zero-order valence-corrected chi connectivity index (χ0v) is 15.6. The monoisotopic (exact) mass is 361 g/mol. The van der Waals surface area contributed by atoms with E-state index in [2.05, 4.69) is 5.32 Å². The van der Waals surface area contributed by atoms with Crippen molar-refractivity contribution in [1.82, 2.24) is 5.32 Å². The van der Waals surface area contributed by atoms with E-state index in [4.69, 9.17) is 14.2 Å². The first-order chi connectivity index (χ1) is 12.8. The highest BCUT2D eigenvalue weighted by atomic mass is 16.5. The Morgan fingerprint density at radius 2 is 1.88 bits per heavy atom. The molecule has 1 heterocycles.